The van der Waals surface area contributed by atoms with Crippen LogP contribution in [0.4, 0.5) is 5.69 Å². The molecule has 6 nitrogen and oxygen atoms in total. The molecule has 2 saturated heterocycles. The van der Waals surface area contributed by atoms with E-state index < -0.39 is 0 Å². The molecule has 1 saturated carbocycles. The van der Waals surface area contributed by atoms with Crippen molar-refractivity contribution in [1.82, 2.24) is 19.4 Å². The van der Waals surface area contributed by atoms with Gasteiger partial charge in [0.1, 0.15) is 0 Å². The van der Waals surface area contributed by atoms with Crippen LogP contribution >= 0.6 is 0 Å². The molecular weight excluding hydrogens is 434 g/mol. The van der Waals surface area contributed by atoms with Gasteiger partial charge in [0.15, 0.2) is 0 Å². The average molecular weight is 474 g/mol. The summed E-state index contributed by atoms with van der Waals surface area (Å²) in [6.45, 7) is 11.7. The van der Waals surface area contributed by atoms with Gasteiger partial charge in [-0.2, -0.15) is 5.10 Å². The molecule has 0 spiro atoms. The lowest BCUT2D eigenvalue weighted by Gasteiger charge is -2.36. The van der Waals surface area contributed by atoms with Crippen molar-refractivity contribution in [2.75, 3.05) is 37.6 Å². The SMILES string of the molecule is CC1C=C(c2cc3c(N4CCN(C(=O)C5CC5)CC4)ccnn3c2)C=CC1[C@H]1CCCN1C(C)C. The van der Waals surface area contributed by atoms with Crippen molar-refractivity contribution in [2.24, 2.45) is 17.8 Å². The third-order valence-electron chi connectivity index (χ3n) is 8.68. The van der Waals surface area contributed by atoms with Crippen molar-refractivity contribution in [1.29, 1.82) is 0 Å². The number of nitrogens with zero attached hydrogens (tertiary/aromatic N) is 5. The van der Waals surface area contributed by atoms with E-state index in [0.717, 1.165) is 44.5 Å². The molecule has 3 fully saturated rings. The minimum absolute atomic E-state index is 0.309. The van der Waals surface area contributed by atoms with Crippen molar-refractivity contribution in [3.63, 3.8) is 0 Å². The number of rotatable bonds is 5. The number of amides is 1. The van der Waals surface area contributed by atoms with Gasteiger partial charge in [-0.25, -0.2) is 4.52 Å². The predicted molar refractivity (Wildman–Crippen MR) is 141 cm³/mol. The first-order valence-corrected chi connectivity index (χ1v) is 13.7. The summed E-state index contributed by atoms with van der Waals surface area (Å²) in [5.74, 6) is 1.78. The van der Waals surface area contributed by atoms with Crippen LogP contribution in [0.1, 0.15) is 52.0 Å². The number of aromatic nitrogens is 2. The van der Waals surface area contributed by atoms with E-state index in [-0.39, 0.29) is 0 Å². The summed E-state index contributed by atoms with van der Waals surface area (Å²) < 4.78 is 2.02. The van der Waals surface area contributed by atoms with Crippen molar-refractivity contribution < 1.29 is 4.79 Å². The molecule has 1 amide bonds. The van der Waals surface area contributed by atoms with Gasteiger partial charge in [0.05, 0.1) is 11.2 Å². The van der Waals surface area contributed by atoms with Crippen molar-refractivity contribution in [2.45, 2.75) is 58.5 Å². The number of carbonyl (C=O) groups is 1. The van der Waals surface area contributed by atoms with Crippen LogP contribution in [0, 0.1) is 17.8 Å². The number of carbonyl (C=O) groups excluding carboxylic acids is 1. The molecule has 35 heavy (non-hydrogen) atoms. The first-order valence-electron chi connectivity index (χ1n) is 13.7. The molecule has 4 heterocycles. The van der Waals surface area contributed by atoms with Gasteiger partial charge in [-0.15, -0.1) is 0 Å². The fraction of sp³-hybridized carbons (Fsp3) is 0.586. The Morgan fingerprint density at radius 3 is 2.60 bits per heavy atom. The monoisotopic (exact) mass is 473 g/mol. The molecular formula is C29H39N5O. The molecule has 2 aromatic rings. The van der Waals surface area contributed by atoms with Crippen molar-refractivity contribution in [3.05, 3.63) is 48.3 Å². The number of allylic oxidation sites excluding steroid dienone is 3. The number of anilines is 1. The Balaban J connectivity index is 1.19. The number of piperazine rings is 1. The first kappa shape index (κ1) is 22.8. The number of likely N-dealkylation sites (tertiary alicyclic amines) is 1. The molecule has 0 aromatic carbocycles. The van der Waals surface area contributed by atoms with Gasteiger partial charge in [0.2, 0.25) is 5.91 Å². The maximum absolute atomic E-state index is 12.5. The molecule has 4 aliphatic rings. The molecule has 6 heteroatoms. The highest BCUT2D eigenvalue weighted by molar-refractivity contribution is 5.83. The van der Waals surface area contributed by atoms with Crippen LogP contribution in [0.2, 0.25) is 0 Å². The summed E-state index contributed by atoms with van der Waals surface area (Å²) in [4.78, 5) is 19.6. The minimum atomic E-state index is 0.309. The topological polar surface area (TPSA) is 44.1 Å². The van der Waals surface area contributed by atoms with Crippen LogP contribution in [0.15, 0.2) is 42.8 Å². The molecule has 0 bridgehead atoms. The second kappa shape index (κ2) is 9.12. The zero-order valence-corrected chi connectivity index (χ0v) is 21.4. The second-order valence-corrected chi connectivity index (χ2v) is 11.3. The van der Waals surface area contributed by atoms with Gasteiger partial charge in [-0.3, -0.25) is 9.69 Å². The summed E-state index contributed by atoms with van der Waals surface area (Å²) in [5, 5.41) is 4.62. The fourth-order valence-corrected chi connectivity index (χ4v) is 6.56. The van der Waals surface area contributed by atoms with Crippen molar-refractivity contribution >= 4 is 22.7 Å². The van der Waals surface area contributed by atoms with E-state index in [9.17, 15) is 4.79 Å². The van der Waals surface area contributed by atoms with Gasteiger partial charge >= 0.3 is 0 Å². The van der Waals surface area contributed by atoms with Crippen LogP contribution in [0.5, 0.6) is 0 Å². The highest BCUT2D eigenvalue weighted by Gasteiger charge is 2.36. The molecule has 0 N–H and O–H groups in total. The Morgan fingerprint density at radius 1 is 1.09 bits per heavy atom. The molecule has 186 valence electrons. The standard InChI is InChI=1S/C29H39N5O/c1-20(2)33-12-4-5-26(33)25-9-8-23(17-21(25)3)24-18-28-27(10-11-30-34(28)19-24)31-13-15-32(16-14-31)29(35)22-6-7-22/h8-11,17-22,25-26H,4-7,12-16H2,1-3H3/t21?,25?,26-/m1/s1. The molecule has 2 aromatic heterocycles. The van der Waals surface area contributed by atoms with E-state index in [1.807, 2.05) is 10.7 Å². The van der Waals surface area contributed by atoms with Gasteiger partial charge in [0.25, 0.3) is 0 Å². The summed E-state index contributed by atoms with van der Waals surface area (Å²) in [6.07, 6.45) is 16.1. The second-order valence-electron chi connectivity index (χ2n) is 11.3. The summed E-state index contributed by atoms with van der Waals surface area (Å²) in [7, 11) is 0. The fourth-order valence-electron chi connectivity index (χ4n) is 6.56. The maximum Gasteiger partial charge on any atom is 0.225 e. The number of fused-ring (bicyclic) bond motifs is 1. The molecule has 6 rings (SSSR count). The minimum Gasteiger partial charge on any atom is -0.366 e. The first-order chi connectivity index (χ1) is 17.0. The number of hydrogen-bond acceptors (Lipinski definition) is 4. The summed E-state index contributed by atoms with van der Waals surface area (Å²) in [6, 6.07) is 5.69. The lowest BCUT2D eigenvalue weighted by molar-refractivity contribution is -0.132. The van der Waals surface area contributed by atoms with E-state index in [0.29, 0.717) is 35.7 Å². The van der Waals surface area contributed by atoms with E-state index in [2.05, 4.69) is 77.1 Å². The largest absolute Gasteiger partial charge is 0.366 e. The van der Waals surface area contributed by atoms with Gasteiger partial charge in [-0.05, 0) is 75.6 Å². The predicted octanol–water partition coefficient (Wildman–Crippen LogP) is 4.47. The third kappa shape index (κ3) is 4.31. The Bertz CT molecular complexity index is 1150. The van der Waals surface area contributed by atoms with Crippen LogP contribution in [0.25, 0.3) is 11.1 Å². The Hall–Kier alpha value is -2.60. The zero-order chi connectivity index (χ0) is 24.1. The molecule has 2 unspecified atom stereocenters. The Kier molecular flexibility index (Phi) is 5.95. The van der Waals surface area contributed by atoms with Gasteiger partial charge in [-0.1, -0.05) is 25.2 Å². The third-order valence-corrected chi connectivity index (χ3v) is 8.68. The van der Waals surface area contributed by atoms with Crippen LogP contribution in [0.3, 0.4) is 0 Å². The smallest absolute Gasteiger partial charge is 0.225 e. The van der Waals surface area contributed by atoms with E-state index in [1.165, 1.54) is 36.2 Å². The van der Waals surface area contributed by atoms with Gasteiger partial charge < -0.3 is 9.80 Å². The lowest BCUT2D eigenvalue weighted by atomic mass is 9.80. The maximum atomic E-state index is 12.5. The highest BCUT2D eigenvalue weighted by atomic mass is 16.2. The van der Waals surface area contributed by atoms with Gasteiger partial charge in [0, 0.05) is 62.1 Å². The van der Waals surface area contributed by atoms with E-state index in [1.54, 1.807) is 0 Å². The van der Waals surface area contributed by atoms with E-state index in [4.69, 9.17) is 0 Å². The summed E-state index contributed by atoms with van der Waals surface area (Å²) in [5.41, 5.74) is 4.91. The van der Waals surface area contributed by atoms with Crippen LogP contribution in [-0.4, -0.2) is 70.1 Å². The van der Waals surface area contributed by atoms with Crippen molar-refractivity contribution in [3.8, 4) is 0 Å². The average Bonchev–Trinajstić information content (AvgIpc) is 3.43. The van der Waals surface area contributed by atoms with Crippen LogP contribution < -0.4 is 4.90 Å². The lowest BCUT2D eigenvalue weighted by Crippen LogP contribution is -2.49. The Morgan fingerprint density at radius 2 is 1.89 bits per heavy atom. The van der Waals surface area contributed by atoms with E-state index >= 15 is 0 Å². The quantitative estimate of drug-likeness (QED) is 0.643. The number of hydrogen-bond donors (Lipinski definition) is 0. The molecule has 2 aliphatic carbocycles. The summed E-state index contributed by atoms with van der Waals surface area (Å²) >= 11 is 0. The normalized spacial score (nSPS) is 27.8. The highest BCUT2D eigenvalue weighted by Crippen LogP contribution is 2.38. The zero-order valence-electron chi connectivity index (χ0n) is 21.4. The molecule has 3 atom stereocenters. The molecule has 0 radical (unpaired) electrons. The van der Waals surface area contributed by atoms with Crippen LogP contribution in [-0.2, 0) is 4.79 Å². The molecule has 2 aliphatic heterocycles. The Labute approximate surface area is 209 Å².